The van der Waals surface area contributed by atoms with Crippen molar-refractivity contribution in [1.82, 2.24) is 9.88 Å². The fourth-order valence-electron chi connectivity index (χ4n) is 3.17. The predicted molar refractivity (Wildman–Crippen MR) is 101 cm³/mol. The van der Waals surface area contributed by atoms with Gasteiger partial charge in [-0.05, 0) is 37.0 Å². The second kappa shape index (κ2) is 8.47. The Labute approximate surface area is 153 Å². The molecule has 1 aliphatic heterocycles. The van der Waals surface area contributed by atoms with Crippen LogP contribution in [0, 0.1) is 5.92 Å². The van der Waals surface area contributed by atoms with Crippen LogP contribution in [0.3, 0.4) is 0 Å². The predicted octanol–water partition coefficient (Wildman–Crippen LogP) is 2.47. The lowest BCUT2D eigenvalue weighted by Gasteiger charge is -2.31. The van der Waals surface area contributed by atoms with Gasteiger partial charge in [-0.2, -0.15) is 0 Å². The van der Waals surface area contributed by atoms with E-state index in [0.29, 0.717) is 43.9 Å². The summed E-state index contributed by atoms with van der Waals surface area (Å²) < 4.78 is 0. The monoisotopic (exact) mass is 352 g/mol. The summed E-state index contributed by atoms with van der Waals surface area (Å²) in [5.74, 6) is 0.486. The molecule has 0 unspecified atom stereocenters. The molecular weight excluding hydrogens is 328 g/mol. The van der Waals surface area contributed by atoms with Crippen LogP contribution >= 0.6 is 0 Å². The van der Waals surface area contributed by atoms with Gasteiger partial charge in [0, 0.05) is 25.4 Å². The smallest absolute Gasteiger partial charge is 0.227 e. The topological polar surface area (TPSA) is 88.3 Å². The molecule has 3 N–H and O–H groups in total. The Morgan fingerprint density at radius 3 is 2.50 bits per heavy atom. The first kappa shape index (κ1) is 17.9. The summed E-state index contributed by atoms with van der Waals surface area (Å²) in [6.45, 7) is 1.26. The molecule has 0 saturated carbocycles. The van der Waals surface area contributed by atoms with E-state index in [4.69, 9.17) is 5.73 Å². The zero-order chi connectivity index (χ0) is 18.4. The molecular formula is C20H24N4O2. The summed E-state index contributed by atoms with van der Waals surface area (Å²) >= 11 is 0. The maximum atomic E-state index is 12.4. The summed E-state index contributed by atoms with van der Waals surface area (Å²) in [5, 5.41) is 2.87. The van der Waals surface area contributed by atoms with E-state index in [1.54, 1.807) is 18.3 Å². The Hall–Kier alpha value is -2.89. The number of likely N-dealkylation sites (tertiary alicyclic amines) is 1. The van der Waals surface area contributed by atoms with E-state index in [0.717, 1.165) is 6.42 Å². The largest absolute Gasteiger partial charge is 0.384 e. The van der Waals surface area contributed by atoms with Gasteiger partial charge in [-0.15, -0.1) is 0 Å². The molecule has 3 rings (SSSR count). The summed E-state index contributed by atoms with van der Waals surface area (Å²) in [6, 6.07) is 13.4. The third-order valence-corrected chi connectivity index (χ3v) is 4.74. The highest BCUT2D eigenvalue weighted by atomic mass is 16.2. The zero-order valence-electron chi connectivity index (χ0n) is 14.7. The van der Waals surface area contributed by atoms with Crippen molar-refractivity contribution in [2.75, 3.05) is 24.1 Å². The average Bonchev–Trinajstić information content (AvgIpc) is 2.69. The minimum absolute atomic E-state index is 0.0204. The van der Waals surface area contributed by atoms with Gasteiger partial charge in [-0.3, -0.25) is 9.59 Å². The van der Waals surface area contributed by atoms with Gasteiger partial charge in [0.15, 0.2) is 0 Å². The molecule has 0 bridgehead atoms. The molecule has 0 atom stereocenters. The lowest BCUT2D eigenvalue weighted by molar-refractivity contribution is -0.134. The van der Waals surface area contributed by atoms with Gasteiger partial charge < -0.3 is 16.0 Å². The van der Waals surface area contributed by atoms with Crippen LogP contribution in [0.5, 0.6) is 0 Å². The van der Waals surface area contributed by atoms with E-state index in [1.165, 1.54) is 5.56 Å². The van der Waals surface area contributed by atoms with Crippen LogP contribution in [0.2, 0.25) is 0 Å². The first-order chi connectivity index (χ1) is 12.6. The van der Waals surface area contributed by atoms with E-state index in [2.05, 4.69) is 10.3 Å². The number of carbonyl (C=O) groups excluding carboxylic acids is 2. The number of hydrogen-bond donors (Lipinski definition) is 2. The molecule has 6 heteroatoms. The molecule has 1 aromatic heterocycles. The highest BCUT2D eigenvalue weighted by molar-refractivity contribution is 5.92. The van der Waals surface area contributed by atoms with Crippen LogP contribution in [0.15, 0.2) is 48.7 Å². The first-order valence-corrected chi connectivity index (χ1v) is 8.96. The van der Waals surface area contributed by atoms with E-state index in [-0.39, 0.29) is 17.7 Å². The molecule has 6 nitrogen and oxygen atoms in total. The molecule has 26 heavy (non-hydrogen) atoms. The van der Waals surface area contributed by atoms with Crippen molar-refractivity contribution >= 4 is 23.3 Å². The van der Waals surface area contributed by atoms with Gasteiger partial charge in [0.2, 0.25) is 11.8 Å². The minimum Gasteiger partial charge on any atom is -0.384 e. The molecule has 1 saturated heterocycles. The number of nitrogens with zero attached hydrogens (tertiary/aromatic N) is 2. The van der Waals surface area contributed by atoms with E-state index < -0.39 is 0 Å². The first-order valence-electron chi connectivity index (χ1n) is 8.96. The standard InChI is InChI=1S/C20H24N4O2/c21-18-8-7-17(14-22-18)23-20(26)16-10-12-24(13-11-16)19(25)9-6-15-4-2-1-3-5-15/h1-5,7-8,14,16H,6,9-13H2,(H2,21,22)(H,23,26). The number of nitrogens with one attached hydrogen (secondary N) is 1. The number of carbonyl (C=O) groups is 2. The number of anilines is 2. The van der Waals surface area contributed by atoms with Crippen molar-refractivity contribution in [3.8, 4) is 0 Å². The Morgan fingerprint density at radius 2 is 1.85 bits per heavy atom. The van der Waals surface area contributed by atoms with Gasteiger partial charge in [0.05, 0.1) is 11.9 Å². The third kappa shape index (κ3) is 4.81. The van der Waals surface area contributed by atoms with Crippen molar-refractivity contribution in [1.29, 1.82) is 0 Å². The van der Waals surface area contributed by atoms with Crippen molar-refractivity contribution in [3.63, 3.8) is 0 Å². The number of rotatable bonds is 5. The molecule has 0 radical (unpaired) electrons. The second-order valence-corrected chi connectivity index (χ2v) is 6.60. The van der Waals surface area contributed by atoms with Crippen molar-refractivity contribution in [2.24, 2.45) is 5.92 Å². The number of nitrogen functional groups attached to an aromatic ring is 1. The van der Waals surface area contributed by atoms with Crippen LogP contribution in [0.4, 0.5) is 11.5 Å². The second-order valence-electron chi connectivity index (χ2n) is 6.60. The molecule has 1 aromatic carbocycles. The summed E-state index contributed by atoms with van der Waals surface area (Å²) in [4.78, 5) is 30.6. The summed E-state index contributed by atoms with van der Waals surface area (Å²) in [6.07, 6.45) is 4.19. The Kier molecular flexibility index (Phi) is 5.84. The maximum Gasteiger partial charge on any atom is 0.227 e. The minimum atomic E-state index is -0.0780. The highest BCUT2D eigenvalue weighted by Crippen LogP contribution is 2.20. The van der Waals surface area contributed by atoms with Gasteiger partial charge in [0.25, 0.3) is 0 Å². The lowest BCUT2D eigenvalue weighted by Crippen LogP contribution is -2.41. The van der Waals surface area contributed by atoms with Gasteiger partial charge in [-0.25, -0.2) is 4.98 Å². The number of amides is 2. The van der Waals surface area contributed by atoms with Crippen molar-refractivity contribution < 1.29 is 9.59 Å². The third-order valence-electron chi connectivity index (χ3n) is 4.74. The lowest BCUT2D eigenvalue weighted by atomic mass is 9.95. The molecule has 136 valence electrons. The highest BCUT2D eigenvalue weighted by Gasteiger charge is 2.27. The van der Waals surface area contributed by atoms with Crippen LogP contribution in [0.25, 0.3) is 0 Å². The van der Waals surface area contributed by atoms with Crippen LogP contribution in [0.1, 0.15) is 24.8 Å². The average molecular weight is 352 g/mol. The number of nitrogens with two attached hydrogens (primary N) is 1. The van der Waals surface area contributed by atoms with Crippen LogP contribution < -0.4 is 11.1 Å². The van der Waals surface area contributed by atoms with Gasteiger partial charge >= 0.3 is 0 Å². The molecule has 0 spiro atoms. The van der Waals surface area contributed by atoms with Crippen molar-refractivity contribution in [2.45, 2.75) is 25.7 Å². The fraction of sp³-hybridized carbons (Fsp3) is 0.350. The summed E-state index contributed by atoms with van der Waals surface area (Å²) in [7, 11) is 0. The maximum absolute atomic E-state index is 12.4. The molecule has 0 aliphatic carbocycles. The Bertz CT molecular complexity index is 738. The number of aromatic nitrogens is 1. The van der Waals surface area contributed by atoms with Crippen molar-refractivity contribution in [3.05, 3.63) is 54.2 Å². The fourth-order valence-corrected chi connectivity index (χ4v) is 3.17. The number of aryl methyl sites for hydroxylation is 1. The quantitative estimate of drug-likeness (QED) is 0.865. The molecule has 1 fully saturated rings. The van der Waals surface area contributed by atoms with Gasteiger partial charge in [-0.1, -0.05) is 30.3 Å². The number of piperidine rings is 1. The van der Waals surface area contributed by atoms with Gasteiger partial charge in [0.1, 0.15) is 5.82 Å². The van der Waals surface area contributed by atoms with E-state index in [1.807, 2.05) is 35.2 Å². The molecule has 2 amide bonds. The van der Waals surface area contributed by atoms with Crippen LogP contribution in [-0.4, -0.2) is 34.8 Å². The SMILES string of the molecule is Nc1ccc(NC(=O)C2CCN(C(=O)CCc3ccccc3)CC2)cn1. The Balaban J connectivity index is 1.43. The molecule has 1 aliphatic rings. The number of pyridine rings is 1. The Morgan fingerprint density at radius 1 is 1.12 bits per heavy atom. The summed E-state index contributed by atoms with van der Waals surface area (Å²) in [5.41, 5.74) is 7.36. The van der Waals surface area contributed by atoms with E-state index >= 15 is 0 Å². The van der Waals surface area contributed by atoms with Crippen LogP contribution in [-0.2, 0) is 16.0 Å². The molecule has 2 heterocycles. The number of benzene rings is 1. The number of hydrogen-bond acceptors (Lipinski definition) is 4. The molecule has 2 aromatic rings. The van der Waals surface area contributed by atoms with E-state index in [9.17, 15) is 9.59 Å². The zero-order valence-corrected chi connectivity index (χ0v) is 14.7. The normalized spacial score (nSPS) is 14.8.